The summed E-state index contributed by atoms with van der Waals surface area (Å²) in [5, 5.41) is 8.94. The van der Waals surface area contributed by atoms with Crippen molar-refractivity contribution in [2.75, 3.05) is 5.88 Å². The molecule has 0 aliphatic rings. The Morgan fingerprint density at radius 2 is 1.51 bits per heavy atom. The number of hydrogen-bond donors (Lipinski definition) is 0. The quantitative estimate of drug-likeness (QED) is 0.0653. The molecule has 0 radical (unpaired) electrons. The van der Waals surface area contributed by atoms with E-state index in [1.165, 1.54) is 77.0 Å². The lowest BCUT2D eigenvalue weighted by molar-refractivity contribution is 0.0929. The van der Waals surface area contributed by atoms with Gasteiger partial charge in [0.2, 0.25) is 5.69 Å². The Morgan fingerprint density at radius 1 is 0.902 bits per heavy atom. The molecule has 0 saturated carbocycles. The summed E-state index contributed by atoms with van der Waals surface area (Å²) >= 11 is 7.84. The smallest absolute Gasteiger partial charge is 0.249 e. The molecule has 6 nitrogen and oxygen atoms in total. The fourth-order valence-electron chi connectivity index (χ4n) is 5.06. The van der Waals surface area contributed by atoms with Gasteiger partial charge < -0.3 is 9.05 Å². The van der Waals surface area contributed by atoms with Crippen LogP contribution < -0.4 is 0 Å². The molecule has 0 aliphatic heterocycles. The van der Waals surface area contributed by atoms with Gasteiger partial charge in [0.25, 0.3) is 0 Å². The molecule has 2 atom stereocenters. The van der Waals surface area contributed by atoms with Crippen LogP contribution in [-0.2, 0) is 27.5 Å². The summed E-state index contributed by atoms with van der Waals surface area (Å²) in [4.78, 5) is 2.50. The summed E-state index contributed by atoms with van der Waals surface area (Å²) in [7, 11) is 0. The fraction of sp³-hybridized carbons (Fsp3) is 0.812. The monoisotopic (exact) mass is 626 g/mol. The van der Waals surface area contributed by atoms with Crippen LogP contribution in [0, 0.1) is 0 Å². The Balaban J connectivity index is 2.10. The number of unbranched alkanes of at least 4 members (excludes halogenated alkanes) is 10. The SMILES string of the molecule is CCCCCCCCCCC(C)(C)N(CSP(=S)(OC(C)C)OC(C)CCCCCC)Cn1nnc2ccccc21. The van der Waals surface area contributed by atoms with Crippen LogP contribution in [0.2, 0.25) is 0 Å². The van der Waals surface area contributed by atoms with E-state index in [1.54, 1.807) is 11.4 Å². The zero-order chi connectivity index (χ0) is 30.1. The van der Waals surface area contributed by atoms with Gasteiger partial charge in [-0.1, -0.05) is 120 Å². The maximum absolute atomic E-state index is 6.56. The average Bonchev–Trinajstić information content (AvgIpc) is 3.32. The molecule has 1 aromatic carbocycles. The first-order valence-corrected chi connectivity index (χ1v) is 20.5. The molecule has 0 spiro atoms. The minimum atomic E-state index is -2.54. The highest BCUT2D eigenvalue weighted by atomic mass is 32.9. The number of para-hydroxylation sites is 1. The molecule has 41 heavy (non-hydrogen) atoms. The lowest BCUT2D eigenvalue weighted by atomic mass is 9.94. The molecule has 9 heteroatoms. The molecule has 0 N–H and O–H groups in total. The maximum atomic E-state index is 6.56. The van der Waals surface area contributed by atoms with Crippen molar-refractivity contribution in [1.82, 2.24) is 19.9 Å². The van der Waals surface area contributed by atoms with E-state index in [1.807, 2.05) is 16.8 Å². The molecule has 0 aliphatic carbocycles. The van der Waals surface area contributed by atoms with E-state index in [2.05, 4.69) is 75.8 Å². The first-order chi connectivity index (χ1) is 19.6. The van der Waals surface area contributed by atoms with Crippen molar-refractivity contribution < 1.29 is 9.05 Å². The third-order valence-corrected chi connectivity index (χ3v) is 13.0. The van der Waals surface area contributed by atoms with Gasteiger partial charge in [-0.3, -0.25) is 4.90 Å². The van der Waals surface area contributed by atoms with Crippen molar-refractivity contribution in [3.63, 3.8) is 0 Å². The predicted octanol–water partition coefficient (Wildman–Crippen LogP) is 10.7. The van der Waals surface area contributed by atoms with Crippen molar-refractivity contribution in [3.8, 4) is 0 Å². The minimum absolute atomic E-state index is 0.0265. The Bertz CT molecular complexity index is 1020. The van der Waals surface area contributed by atoms with Crippen LogP contribution in [0.4, 0.5) is 0 Å². The van der Waals surface area contributed by atoms with Crippen LogP contribution in [-0.4, -0.2) is 43.5 Å². The minimum Gasteiger partial charge on any atom is -0.319 e. The molecule has 1 heterocycles. The molecule has 0 saturated heterocycles. The number of rotatable bonds is 24. The first kappa shape index (κ1) is 36.7. The largest absolute Gasteiger partial charge is 0.319 e. The second-order valence-electron chi connectivity index (χ2n) is 12.4. The molecular formula is C32H59N4O2PS2. The van der Waals surface area contributed by atoms with Gasteiger partial charge in [-0.2, -0.15) is 0 Å². The summed E-state index contributed by atoms with van der Waals surface area (Å²) < 4.78 is 14.9. The summed E-state index contributed by atoms with van der Waals surface area (Å²) in [6.45, 7) is 16.2. The Labute approximate surface area is 261 Å². The van der Waals surface area contributed by atoms with Gasteiger partial charge in [0.05, 0.1) is 30.3 Å². The Kier molecular flexibility index (Phi) is 17.6. The van der Waals surface area contributed by atoms with Crippen LogP contribution in [0.1, 0.15) is 138 Å². The highest BCUT2D eigenvalue weighted by Gasteiger charge is 2.32. The average molecular weight is 627 g/mol. The van der Waals surface area contributed by atoms with Gasteiger partial charge in [-0.15, -0.1) is 5.10 Å². The first-order valence-electron chi connectivity index (χ1n) is 16.2. The van der Waals surface area contributed by atoms with Gasteiger partial charge in [-0.05, 0) is 71.4 Å². The van der Waals surface area contributed by atoms with Crippen LogP contribution in [0.15, 0.2) is 24.3 Å². The molecule has 1 aromatic heterocycles. The van der Waals surface area contributed by atoms with Crippen LogP contribution in [0.5, 0.6) is 0 Å². The Morgan fingerprint density at radius 3 is 2.17 bits per heavy atom. The number of benzene rings is 1. The molecular weight excluding hydrogens is 567 g/mol. The van der Waals surface area contributed by atoms with Gasteiger partial charge in [0.15, 0.2) is 0 Å². The standard InChI is InChI=1S/C32H59N4O2PS2/c1-8-10-12-14-15-16-17-21-25-32(6,7)35(26-36-31-24-20-19-23-30(31)33-34-36)27-41-39(40,37-28(3)4)38-29(5)22-18-13-11-9-2/h19-20,23-24,28-29H,8-18,21-22,25-27H2,1-7H3. The van der Waals surface area contributed by atoms with E-state index in [0.29, 0.717) is 6.67 Å². The third-order valence-electron chi connectivity index (χ3n) is 7.71. The van der Waals surface area contributed by atoms with Crippen molar-refractivity contribution in [1.29, 1.82) is 0 Å². The van der Waals surface area contributed by atoms with Gasteiger partial charge in [0.1, 0.15) is 5.52 Å². The molecule has 0 amide bonds. The zero-order valence-corrected chi connectivity index (χ0v) is 29.7. The normalized spacial score (nSPS) is 14.8. The summed E-state index contributed by atoms with van der Waals surface area (Å²) in [6.07, 6.45) is 17.8. The zero-order valence-electron chi connectivity index (χ0n) is 27.1. The Hall–Kier alpha value is -0.500. The highest BCUT2D eigenvalue weighted by molar-refractivity contribution is 8.67. The van der Waals surface area contributed by atoms with Crippen molar-refractivity contribution >= 4 is 39.9 Å². The second kappa shape index (κ2) is 19.7. The highest BCUT2D eigenvalue weighted by Crippen LogP contribution is 2.63. The predicted molar refractivity (Wildman–Crippen MR) is 183 cm³/mol. The van der Waals surface area contributed by atoms with Gasteiger partial charge in [0, 0.05) is 5.54 Å². The van der Waals surface area contributed by atoms with Crippen LogP contribution in [0.25, 0.3) is 11.0 Å². The number of aromatic nitrogens is 3. The lowest BCUT2D eigenvalue weighted by Crippen LogP contribution is -2.44. The third kappa shape index (κ3) is 14.2. The lowest BCUT2D eigenvalue weighted by Gasteiger charge is -2.39. The number of fused-ring (bicyclic) bond motifs is 1. The van der Waals surface area contributed by atoms with Crippen molar-refractivity contribution in [3.05, 3.63) is 24.3 Å². The fourth-order valence-corrected chi connectivity index (χ4v) is 10.5. The van der Waals surface area contributed by atoms with E-state index < -0.39 is 5.69 Å². The van der Waals surface area contributed by atoms with Crippen LogP contribution >= 0.6 is 17.1 Å². The molecule has 2 aromatic rings. The molecule has 0 fully saturated rings. The van der Waals surface area contributed by atoms with E-state index >= 15 is 0 Å². The van der Waals surface area contributed by atoms with E-state index in [9.17, 15) is 0 Å². The van der Waals surface area contributed by atoms with Crippen LogP contribution in [0.3, 0.4) is 0 Å². The summed E-state index contributed by atoms with van der Waals surface area (Å²) in [5.41, 5.74) is -0.590. The molecule has 236 valence electrons. The molecule has 2 rings (SSSR count). The van der Waals surface area contributed by atoms with Crippen molar-refractivity contribution in [2.45, 2.75) is 163 Å². The summed E-state index contributed by atoms with van der Waals surface area (Å²) in [5.74, 6) is 0.727. The van der Waals surface area contributed by atoms with Crippen molar-refractivity contribution in [2.24, 2.45) is 0 Å². The topological polar surface area (TPSA) is 52.4 Å². The summed E-state index contributed by atoms with van der Waals surface area (Å²) in [6, 6.07) is 8.19. The maximum Gasteiger partial charge on any atom is 0.249 e. The van der Waals surface area contributed by atoms with E-state index in [4.69, 9.17) is 20.9 Å². The van der Waals surface area contributed by atoms with Gasteiger partial charge >= 0.3 is 0 Å². The van der Waals surface area contributed by atoms with E-state index in [0.717, 1.165) is 29.8 Å². The number of hydrogen-bond acceptors (Lipinski definition) is 7. The molecule has 0 bridgehead atoms. The second-order valence-corrected chi connectivity index (χ2v) is 18.6. The van der Waals surface area contributed by atoms with E-state index in [-0.39, 0.29) is 17.7 Å². The number of nitrogens with zero attached hydrogens (tertiary/aromatic N) is 4. The van der Waals surface area contributed by atoms with Gasteiger partial charge in [-0.25, -0.2) is 4.68 Å². The molecule has 2 unspecified atom stereocenters.